The molecule has 3 rings (SSSR count). The number of thioether (sulfide) groups is 1. The van der Waals surface area contributed by atoms with E-state index in [1.807, 2.05) is 11.8 Å². The maximum absolute atomic E-state index is 4.89. The number of rotatable bonds is 4. The summed E-state index contributed by atoms with van der Waals surface area (Å²) in [6.07, 6.45) is 4.61. The van der Waals surface area contributed by atoms with Crippen LogP contribution in [-0.2, 0) is 12.8 Å². The van der Waals surface area contributed by atoms with Crippen LogP contribution in [0.3, 0.4) is 0 Å². The van der Waals surface area contributed by atoms with Gasteiger partial charge in [-0.2, -0.15) is 11.8 Å². The molecule has 4 nitrogen and oxygen atoms in total. The van der Waals surface area contributed by atoms with Gasteiger partial charge in [0.05, 0.1) is 6.04 Å². The van der Waals surface area contributed by atoms with Crippen molar-refractivity contribution in [2.45, 2.75) is 38.6 Å². The summed E-state index contributed by atoms with van der Waals surface area (Å²) in [6.45, 7) is 4.33. The first-order valence-electron chi connectivity index (χ1n) is 7.71. The number of fused-ring (bicyclic) bond motifs is 1. The van der Waals surface area contributed by atoms with E-state index in [0.717, 1.165) is 49.7 Å². The van der Waals surface area contributed by atoms with Crippen LogP contribution >= 0.6 is 11.8 Å². The van der Waals surface area contributed by atoms with Crippen LogP contribution in [0.15, 0.2) is 0 Å². The van der Waals surface area contributed by atoms with E-state index < -0.39 is 0 Å². The molecule has 0 aromatic carbocycles. The fourth-order valence-corrected chi connectivity index (χ4v) is 4.16. The first-order valence-corrected chi connectivity index (χ1v) is 8.86. The minimum atomic E-state index is 0.377. The molecule has 5 heteroatoms. The minimum Gasteiger partial charge on any atom is -0.370 e. The van der Waals surface area contributed by atoms with Gasteiger partial charge in [0.1, 0.15) is 11.6 Å². The molecule has 2 heterocycles. The highest BCUT2D eigenvalue weighted by atomic mass is 32.2. The van der Waals surface area contributed by atoms with Gasteiger partial charge in [0.2, 0.25) is 0 Å². The number of aryl methyl sites for hydroxylation is 1. The first kappa shape index (κ1) is 14.1. The second-order valence-corrected chi connectivity index (χ2v) is 6.86. The van der Waals surface area contributed by atoms with Crippen LogP contribution in [0.5, 0.6) is 0 Å². The molecule has 0 spiro atoms. The summed E-state index contributed by atoms with van der Waals surface area (Å²) in [5.74, 6) is 4.47. The Kier molecular flexibility index (Phi) is 4.46. The summed E-state index contributed by atoms with van der Waals surface area (Å²) in [7, 11) is 2.19. The van der Waals surface area contributed by atoms with Crippen molar-refractivity contribution in [2.75, 3.05) is 37.0 Å². The Morgan fingerprint density at radius 2 is 2.25 bits per heavy atom. The number of hydrogen-bond acceptors (Lipinski definition) is 5. The summed E-state index contributed by atoms with van der Waals surface area (Å²) in [4.78, 5) is 12.2. The Morgan fingerprint density at radius 3 is 3.05 bits per heavy atom. The van der Waals surface area contributed by atoms with Crippen molar-refractivity contribution >= 4 is 17.6 Å². The van der Waals surface area contributed by atoms with Gasteiger partial charge in [-0.05, 0) is 32.7 Å². The van der Waals surface area contributed by atoms with E-state index in [2.05, 4.69) is 24.2 Å². The van der Waals surface area contributed by atoms with Crippen LogP contribution in [-0.4, -0.2) is 46.5 Å². The molecular formula is C15H24N4S. The molecule has 1 N–H and O–H groups in total. The Balaban J connectivity index is 1.91. The Bertz CT molecular complexity index is 477. The third-order valence-electron chi connectivity index (χ3n) is 4.19. The standard InChI is InChI=1S/C15H24N4S/c1-3-7-16-14-11-5-4-6-12(11)17-15(18-14)13-10-20-9-8-19(13)2/h13H,3-10H2,1-2H3,(H,16,17,18). The molecule has 1 unspecified atom stereocenters. The minimum absolute atomic E-state index is 0.377. The zero-order chi connectivity index (χ0) is 13.9. The van der Waals surface area contributed by atoms with E-state index in [-0.39, 0.29) is 0 Å². The summed E-state index contributed by atoms with van der Waals surface area (Å²) in [6, 6.07) is 0.377. The van der Waals surface area contributed by atoms with Gasteiger partial charge in [-0.25, -0.2) is 9.97 Å². The molecule has 1 saturated heterocycles. The van der Waals surface area contributed by atoms with Crippen molar-refractivity contribution in [3.05, 3.63) is 17.1 Å². The molecular weight excluding hydrogens is 268 g/mol. The smallest absolute Gasteiger partial charge is 0.148 e. The topological polar surface area (TPSA) is 41.1 Å². The molecule has 1 aliphatic carbocycles. The number of aromatic nitrogens is 2. The lowest BCUT2D eigenvalue weighted by Gasteiger charge is -2.31. The third-order valence-corrected chi connectivity index (χ3v) is 5.21. The summed E-state index contributed by atoms with van der Waals surface area (Å²) < 4.78 is 0. The lowest BCUT2D eigenvalue weighted by Crippen LogP contribution is -2.34. The molecule has 1 aliphatic heterocycles. The largest absolute Gasteiger partial charge is 0.370 e. The van der Waals surface area contributed by atoms with Crippen molar-refractivity contribution in [1.82, 2.24) is 14.9 Å². The molecule has 0 radical (unpaired) electrons. The van der Waals surface area contributed by atoms with E-state index in [4.69, 9.17) is 9.97 Å². The second kappa shape index (κ2) is 6.31. The number of nitrogens with one attached hydrogen (secondary N) is 1. The molecule has 1 aromatic heterocycles. The quantitative estimate of drug-likeness (QED) is 0.923. The van der Waals surface area contributed by atoms with E-state index in [1.165, 1.54) is 23.4 Å². The van der Waals surface area contributed by atoms with E-state index >= 15 is 0 Å². The lowest BCUT2D eigenvalue weighted by atomic mass is 10.2. The van der Waals surface area contributed by atoms with Gasteiger partial charge in [-0.15, -0.1) is 0 Å². The SMILES string of the molecule is CCCNc1nc(C2CSCCN2C)nc2c1CCC2. The van der Waals surface area contributed by atoms with Gasteiger partial charge in [0, 0.05) is 35.9 Å². The van der Waals surface area contributed by atoms with Crippen LogP contribution in [0.25, 0.3) is 0 Å². The molecule has 110 valence electrons. The number of anilines is 1. The molecule has 2 aliphatic rings. The molecule has 0 saturated carbocycles. The first-order chi connectivity index (χ1) is 9.79. The van der Waals surface area contributed by atoms with Crippen molar-refractivity contribution in [2.24, 2.45) is 0 Å². The highest BCUT2D eigenvalue weighted by Gasteiger charge is 2.27. The molecule has 1 fully saturated rings. The van der Waals surface area contributed by atoms with Gasteiger partial charge in [0.25, 0.3) is 0 Å². The van der Waals surface area contributed by atoms with Gasteiger partial charge in [-0.3, -0.25) is 4.90 Å². The van der Waals surface area contributed by atoms with Crippen LogP contribution < -0.4 is 5.32 Å². The van der Waals surface area contributed by atoms with Gasteiger partial charge in [-0.1, -0.05) is 6.92 Å². The van der Waals surface area contributed by atoms with Gasteiger partial charge < -0.3 is 5.32 Å². The fourth-order valence-electron chi connectivity index (χ4n) is 2.95. The molecule has 1 atom stereocenters. The van der Waals surface area contributed by atoms with Crippen LogP contribution in [0.4, 0.5) is 5.82 Å². The summed E-state index contributed by atoms with van der Waals surface area (Å²) >= 11 is 2.02. The van der Waals surface area contributed by atoms with Crippen molar-refractivity contribution in [1.29, 1.82) is 0 Å². The van der Waals surface area contributed by atoms with Crippen LogP contribution in [0.2, 0.25) is 0 Å². The third kappa shape index (κ3) is 2.79. The molecule has 0 amide bonds. The number of hydrogen-bond donors (Lipinski definition) is 1. The van der Waals surface area contributed by atoms with Crippen molar-refractivity contribution in [3.63, 3.8) is 0 Å². The number of nitrogens with zero attached hydrogens (tertiary/aromatic N) is 3. The second-order valence-electron chi connectivity index (χ2n) is 5.71. The molecule has 0 bridgehead atoms. The van der Waals surface area contributed by atoms with Gasteiger partial charge >= 0.3 is 0 Å². The maximum Gasteiger partial charge on any atom is 0.148 e. The zero-order valence-electron chi connectivity index (χ0n) is 12.5. The molecule has 20 heavy (non-hydrogen) atoms. The fraction of sp³-hybridized carbons (Fsp3) is 0.733. The van der Waals surface area contributed by atoms with Crippen molar-refractivity contribution in [3.8, 4) is 0 Å². The van der Waals surface area contributed by atoms with Crippen LogP contribution in [0, 0.1) is 0 Å². The van der Waals surface area contributed by atoms with Crippen molar-refractivity contribution < 1.29 is 0 Å². The molecule has 1 aromatic rings. The Morgan fingerprint density at radius 1 is 1.35 bits per heavy atom. The van der Waals surface area contributed by atoms with E-state index in [1.54, 1.807) is 0 Å². The Labute approximate surface area is 125 Å². The summed E-state index contributed by atoms with van der Waals surface area (Å²) in [5.41, 5.74) is 2.66. The normalized spacial score (nSPS) is 22.8. The predicted molar refractivity (Wildman–Crippen MR) is 85.5 cm³/mol. The monoisotopic (exact) mass is 292 g/mol. The predicted octanol–water partition coefficient (Wildman–Crippen LogP) is 2.51. The van der Waals surface area contributed by atoms with Crippen LogP contribution in [0.1, 0.15) is 42.9 Å². The maximum atomic E-state index is 4.89. The summed E-state index contributed by atoms with van der Waals surface area (Å²) in [5, 5.41) is 3.51. The highest BCUT2D eigenvalue weighted by molar-refractivity contribution is 7.99. The average Bonchev–Trinajstić information content (AvgIpc) is 2.93. The van der Waals surface area contributed by atoms with Gasteiger partial charge in [0.15, 0.2) is 0 Å². The lowest BCUT2D eigenvalue weighted by molar-refractivity contribution is 0.264. The average molecular weight is 292 g/mol. The highest BCUT2D eigenvalue weighted by Crippen LogP contribution is 2.31. The van der Waals surface area contributed by atoms with E-state index in [9.17, 15) is 0 Å². The Hall–Kier alpha value is -0.810. The zero-order valence-corrected chi connectivity index (χ0v) is 13.3. The van der Waals surface area contributed by atoms with E-state index in [0.29, 0.717) is 6.04 Å².